The Kier molecular flexibility index (Phi) is 6.56. The van der Waals surface area contributed by atoms with E-state index in [1.54, 1.807) is 0 Å². The van der Waals surface area contributed by atoms with E-state index in [1.165, 1.54) is 10.8 Å². The number of para-hydroxylation sites is 2. The average Bonchev–Trinajstić information content (AvgIpc) is 3.83. The van der Waals surface area contributed by atoms with Crippen LogP contribution in [0.3, 0.4) is 0 Å². The molecule has 0 fully saturated rings. The Morgan fingerprint density at radius 2 is 0.946 bits per heavy atom. The maximum atomic E-state index is 7.04. The molecule has 260 valence electrons. The summed E-state index contributed by atoms with van der Waals surface area (Å²) in [7, 11) is 0. The first-order valence-corrected chi connectivity index (χ1v) is 18.9. The number of aromatic nitrogens is 4. The quantitative estimate of drug-likeness (QED) is 0.170. The van der Waals surface area contributed by atoms with Gasteiger partial charge < -0.3 is 8.98 Å². The highest BCUT2D eigenvalue weighted by Crippen LogP contribution is 2.45. The molecule has 5 heteroatoms. The van der Waals surface area contributed by atoms with E-state index in [9.17, 15) is 0 Å². The highest BCUT2D eigenvalue weighted by atomic mass is 16.3. The third-order valence-corrected chi connectivity index (χ3v) is 11.2. The maximum Gasteiger partial charge on any atom is 0.164 e. The Morgan fingerprint density at radius 1 is 0.357 bits per heavy atom. The van der Waals surface area contributed by atoms with Crippen LogP contribution in [0.25, 0.3) is 116 Å². The second-order valence-corrected chi connectivity index (χ2v) is 14.4. The molecular formula is C51H30N4O. The molecule has 5 nitrogen and oxygen atoms in total. The van der Waals surface area contributed by atoms with Gasteiger partial charge in [-0.3, -0.25) is 0 Å². The summed E-state index contributed by atoms with van der Waals surface area (Å²) in [6.45, 7) is 0. The lowest BCUT2D eigenvalue weighted by Crippen LogP contribution is -2.01. The third kappa shape index (κ3) is 4.58. The van der Waals surface area contributed by atoms with E-state index in [4.69, 9.17) is 19.4 Å². The van der Waals surface area contributed by atoms with E-state index in [0.29, 0.717) is 17.5 Å². The van der Waals surface area contributed by atoms with Crippen molar-refractivity contribution in [3.05, 3.63) is 182 Å². The molecular weight excluding hydrogens is 685 g/mol. The number of hydrogen-bond donors (Lipinski definition) is 0. The predicted molar refractivity (Wildman–Crippen MR) is 230 cm³/mol. The normalized spacial score (nSPS) is 11.9. The van der Waals surface area contributed by atoms with E-state index in [0.717, 1.165) is 87.7 Å². The second kappa shape index (κ2) is 11.9. The van der Waals surface area contributed by atoms with Crippen molar-refractivity contribution in [2.75, 3.05) is 0 Å². The molecule has 3 heterocycles. The van der Waals surface area contributed by atoms with Crippen molar-refractivity contribution >= 4 is 76.1 Å². The van der Waals surface area contributed by atoms with E-state index in [-0.39, 0.29) is 0 Å². The number of hydrogen-bond acceptors (Lipinski definition) is 4. The van der Waals surface area contributed by atoms with Gasteiger partial charge >= 0.3 is 0 Å². The van der Waals surface area contributed by atoms with Crippen molar-refractivity contribution < 1.29 is 4.42 Å². The first-order chi connectivity index (χ1) is 27.8. The van der Waals surface area contributed by atoms with Crippen LogP contribution in [0.2, 0.25) is 0 Å². The van der Waals surface area contributed by atoms with E-state index >= 15 is 0 Å². The van der Waals surface area contributed by atoms with Crippen molar-refractivity contribution in [3.8, 4) is 39.9 Å². The molecule has 12 rings (SSSR count). The van der Waals surface area contributed by atoms with Crippen molar-refractivity contribution in [3.63, 3.8) is 0 Å². The van der Waals surface area contributed by atoms with Crippen molar-refractivity contribution in [1.82, 2.24) is 19.5 Å². The first-order valence-electron chi connectivity index (χ1n) is 18.9. The van der Waals surface area contributed by atoms with Gasteiger partial charge in [-0.2, -0.15) is 0 Å². The fourth-order valence-corrected chi connectivity index (χ4v) is 8.64. The Balaban J connectivity index is 1.18. The molecule has 0 saturated carbocycles. The van der Waals surface area contributed by atoms with Gasteiger partial charge in [-0.25, -0.2) is 15.0 Å². The largest absolute Gasteiger partial charge is 0.455 e. The van der Waals surface area contributed by atoms with Crippen LogP contribution in [0, 0.1) is 0 Å². The number of furan rings is 1. The fraction of sp³-hybridized carbons (Fsp3) is 0. The lowest BCUT2D eigenvalue weighted by molar-refractivity contribution is 0.677. The number of nitrogens with zero attached hydrogens (tertiary/aromatic N) is 4. The van der Waals surface area contributed by atoms with Gasteiger partial charge in [0.1, 0.15) is 11.2 Å². The Hall–Kier alpha value is -7.63. The van der Waals surface area contributed by atoms with Crippen molar-refractivity contribution in [2.45, 2.75) is 0 Å². The monoisotopic (exact) mass is 714 g/mol. The van der Waals surface area contributed by atoms with Crippen LogP contribution in [0.15, 0.2) is 186 Å². The van der Waals surface area contributed by atoms with Gasteiger partial charge in [-0.15, -0.1) is 0 Å². The van der Waals surface area contributed by atoms with Crippen LogP contribution in [0.4, 0.5) is 0 Å². The second-order valence-electron chi connectivity index (χ2n) is 14.4. The Labute approximate surface area is 320 Å². The summed E-state index contributed by atoms with van der Waals surface area (Å²) in [6.07, 6.45) is 0. The van der Waals surface area contributed by atoms with Crippen molar-refractivity contribution in [1.29, 1.82) is 0 Å². The molecule has 0 aliphatic carbocycles. The van der Waals surface area contributed by atoms with Gasteiger partial charge in [-0.1, -0.05) is 146 Å². The molecule has 9 aromatic carbocycles. The van der Waals surface area contributed by atoms with Gasteiger partial charge in [0.2, 0.25) is 0 Å². The van der Waals surface area contributed by atoms with Crippen LogP contribution in [-0.2, 0) is 0 Å². The molecule has 0 radical (unpaired) electrons. The van der Waals surface area contributed by atoms with Crippen LogP contribution >= 0.6 is 0 Å². The molecule has 3 aromatic heterocycles. The van der Waals surface area contributed by atoms with E-state index in [1.807, 2.05) is 18.2 Å². The predicted octanol–water partition coefficient (Wildman–Crippen LogP) is 13.3. The summed E-state index contributed by atoms with van der Waals surface area (Å²) in [5.74, 6) is 1.80. The van der Waals surface area contributed by atoms with Crippen LogP contribution in [0.5, 0.6) is 0 Å². The van der Waals surface area contributed by atoms with Gasteiger partial charge in [0, 0.05) is 54.7 Å². The summed E-state index contributed by atoms with van der Waals surface area (Å²) in [5, 5.41) is 11.0. The zero-order valence-electron chi connectivity index (χ0n) is 30.0. The molecule has 0 spiro atoms. The van der Waals surface area contributed by atoms with Crippen LogP contribution in [0.1, 0.15) is 0 Å². The number of fused-ring (bicyclic) bond motifs is 12. The minimum absolute atomic E-state index is 0.591. The number of rotatable bonds is 4. The lowest BCUT2D eigenvalue weighted by atomic mass is 9.95. The van der Waals surface area contributed by atoms with Gasteiger partial charge in [0.25, 0.3) is 0 Å². The minimum atomic E-state index is 0.591. The summed E-state index contributed by atoms with van der Waals surface area (Å²) in [5.41, 5.74) is 7.75. The summed E-state index contributed by atoms with van der Waals surface area (Å²) in [4.78, 5) is 15.8. The lowest BCUT2D eigenvalue weighted by Gasteiger charge is -2.12. The van der Waals surface area contributed by atoms with E-state index < -0.39 is 0 Å². The summed E-state index contributed by atoms with van der Waals surface area (Å²) in [6, 6.07) is 63.7. The molecule has 0 atom stereocenters. The minimum Gasteiger partial charge on any atom is -0.455 e. The average molecular weight is 715 g/mol. The summed E-state index contributed by atoms with van der Waals surface area (Å²) >= 11 is 0. The zero-order valence-corrected chi connectivity index (χ0v) is 30.0. The number of benzene rings is 9. The molecule has 0 N–H and O–H groups in total. The zero-order chi connectivity index (χ0) is 36.7. The first kappa shape index (κ1) is 30.8. The molecule has 56 heavy (non-hydrogen) atoms. The fourth-order valence-electron chi connectivity index (χ4n) is 8.64. The molecule has 0 saturated heterocycles. The van der Waals surface area contributed by atoms with Crippen LogP contribution in [-0.4, -0.2) is 19.5 Å². The molecule has 0 amide bonds. The van der Waals surface area contributed by atoms with Gasteiger partial charge in [-0.05, 0) is 57.9 Å². The van der Waals surface area contributed by atoms with Gasteiger partial charge in [0.15, 0.2) is 17.5 Å². The molecule has 12 aromatic rings. The molecule has 0 bridgehead atoms. The highest BCUT2D eigenvalue weighted by Gasteiger charge is 2.23. The van der Waals surface area contributed by atoms with Gasteiger partial charge in [0.05, 0.1) is 11.0 Å². The van der Waals surface area contributed by atoms with Crippen LogP contribution < -0.4 is 0 Å². The SMILES string of the molecule is c1ccc(-c2nc(-c3ccc4c5ccccc5n(-c5ccccc5)c4c3)nc(-c3cc4ccc5ccccc5c4c4oc5c6ccccc6ccc5c34)n2)cc1. The summed E-state index contributed by atoms with van der Waals surface area (Å²) < 4.78 is 9.36. The maximum absolute atomic E-state index is 7.04. The highest BCUT2D eigenvalue weighted by molar-refractivity contribution is 6.28. The Morgan fingerprint density at radius 3 is 1.77 bits per heavy atom. The Bertz CT molecular complexity index is 3530. The van der Waals surface area contributed by atoms with E-state index in [2.05, 4.69) is 168 Å². The topological polar surface area (TPSA) is 56.7 Å². The smallest absolute Gasteiger partial charge is 0.164 e. The van der Waals surface area contributed by atoms with Crippen molar-refractivity contribution in [2.24, 2.45) is 0 Å². The molecule has 0 aliphatic heterocycles. The standard InChI is InChI=1S/C51H30N4O/c1-3-15-33(16-4-1)49-52-50(35-26-27-40-39-21-11-12-22-43(39)55(44(40)30-35)36-17-5-2-6-18-36)54-51(53-49)42-29-34-24-23-31-13-7-9-19-37(31)45(34)48-46(42)41-28-25-32-14-8-10-20-38(32)47(41)56-48/h1-30H. The molecule has 0 aliphatic rings. The third-order valence-electron chi connectivity index (χ3n) is 11.2. The molecule has 0 unspecified atom stereocenters.